The van der Waals surface area contributed by atoms with Crippen molar-refractivity contribution in [2.45, 2.75) is 19.1 Å². The van der Waals surface area contributed by atoms with Crippen molar-refractivity contribution in [2.75, 3.05) is 20.3 Å². The van der Waals surface area contributed by atoms with Crippen molar-refractivity contribution in [3.05, 3.63) is 36.0 Å². The number of rotatable bonds is 6. The molecular formula is C15H20N2O3. The van der Waals surface area contributed by atoms with Gasteiger partial charge in [-0.05, 0) is 19.1 Å². The normalized spacial score (nSPS) is 14.2. The maximum absolute atomic E-state index is 9.70. The van der Waals surface area contributed by atoms with E-state index in [-0.39, 0.29) is 6.61 Å². The fourth-order valence-electron chi connectivity index (χ4n) is 1.94. The highest BCUT2D eigenvalue weighted by Gasteiger charge is 2.17. The number of pyridine rings is 1. The Bertz CT molecular complexity index is 584. The number of benzene rings is 1. The zero-order valence-electron chi connectivity index (χ0n) is 11.8. The zero-order valence-corrected chi connectivity index (χ0v) is 11.8. The molecule has 5 heteroatoms. The van der Waals surface area contributed by atoms with Crippen molar-refractivity contribution in [3.8, 4) is 5.75 Å². The maximum Gasteiger partial charge on any atom is 0.145 e. The number of nitrogens with zero attached hydrogens (tertiary/aromatic N) is 1. The van der Waals surface area contributed by atoms with Gasteiger partial charge in [0.05, 0.1) is 25.0 Å². The van der Waals surface area contributed by atoms with Crippen LogP contribution in [0, 0.1) is 0 Å². The van der Waals surface area contributed by atoms with Crippen molar-refractivity contribution in [3.63, 3.8) is 0 Å². The number of hydrogen-bond donors (Lipinski definition) is 3. The number of aliphatic hydroxyl groups excluding tert-OH is 1. The Balaban J connectivity index is 2.12. The average Bonchev–Trinajstić information content (AvgIpc) is 2.46. The van der Waals surface area contributed by atoms with Gasteiger partial charge in [0.1, 0.15) is 11.3 Å². The van der Waals surface area contributed by atoms with Crippen LogP contribution in [0.5, 0.6) is 5.75 Å². The lowest BCUT2D eigenvalue weighted by atomic mass is 10.1. The monoisotopic (exact) mass is 276 g/mol. The van der Waals surface area contributed by atoms with Crippen LogP contribution in [0.4, 0.5) is 0 Å². The SMILES string of the molecule is COc1cccc2ccc(CNCC(C)(O)CO)nc12. The number of aromatic nitrogens is 1. The van der Waals surface area contributed by atoms with Gasteiger partial charge in [-0.25, -0.2) is 4.98 Å². The molecule has 0 aliphatic heterocycles. The van der Waals surface area contributed by atoms with Gasteiger partial charge in [-0.3, -0.25) is 0 Å². The number of fused-ring (bicyclic) bond motifs is 1. The summed E-state index contributed by atoms with van der Waals surface area (Å²) in [6.45, 7) is 2.12. The van der Waals surface area contributed by atoms with E-state index in [9.17, 15) is 5.11 Å². The van der Waals surface area contributed by atoms with E-state index in [1.807, 2.05) is 30.3 Å². The van der Waals surface area contributed by atoms with Crippen molar-refractivity contribution in [1.82, 2.24) is 10.3 Å². The first-order valence-corrected chi connectivity index (χ1v) is 6.52. The first-order chi connectivity index (χ1) is 9.55. The van der Waals surface area contributed by atoms with Crippen molar-refractivity contribution >= 4 is 10.9 Å². The molecule has 1 unspecified atom stereocenters. The molecule has 3 N–H and O–H groups in total. The molecule has 0 aliphatic rings. The van der Waals surface area contributed by atoms with E-state index in [1.54, 1.807) is 14.0 Å². The lowest BCUT2D eigenvalue weighted by Gasteiger charge is -2.20. The van der Waals surface area contributed by atoms with Crippen LogP contribution >= 0.6 is 0 Å². The molecule has 1 heterocycles. The first kappa shape index (κ1) is 14.7. The summed E-state index contributed by atoms with van der Waals surface area (Å²) in [5.41, 5.74) is 0.563. The van der Waals surface area contributed by atoms with Gasteiger partial charge in [0.2, 0.25) is 0 Å². The van der Waals surface area contributed by atoms with E-state index < -0.39 is 5.60 Å². The molecule has 5 nitrogen and oxygen atoms in total. The summed E-state index contributed by atoms with van der Waals surface area (Å²) in [7, 11) is 1.62. The molecule has 1 aromatic heterocycles. The molecule has 1 aromatic carbocycles. The fraction of sp³-hybridized carbons (Fsp3) is 0.400. The van der Waals surface area contributed by atoms with E-state index in [2.05, 4.69) is 10.3 Å². The minimum absolute atomic E-state index is 0.279. The van der Waals surface area contributed by atoms with E-state index in [0.29, 0.717) is 13.1 Å². The van der Waals surface area contributed by atoms with Crippen LogP contribution in [-0.2, 0) is 6.54 Å². The summed E-state index contributed by atoms with van der Waals surface area (Å²) in [6.07, 6.45) is 0. The number of hydrogen-bond acceptors (Lipinski definition) is 5. The number of methoxy groups -OCH3 is 1. The molecule has 2 rings (SSSR count). The molecule has 0 aliphatic carbocycles. The smallest absolute Gasteiger partial charge is 0.145 e. The molecule has 108 valence electrons. The molecule has 0 saturated heterocycles. The van der Waals surface area contributed by atoms with Gasteiger partial charge < -0.3 is 20.3 Å². The molecule has 0 spiro atoms. The van der Waals surface area contributed by atoms with Gasteiger partial charge in [-0.15, -0.1) is 0 Å². The summed E-state index contributed by atoms with van der Waals surface area (Å²) in [6, 6.07) is 9.72. The Morgan fingerprint density at radius 2 is 2.10 bits per heavy atom. The van der Waals surface area contributed by atoms with Crippen LogP contribution in [-0.4, -0.2) is 41.1 Å². The number of nitrogens with one attached hydrogen (secondary N) is 1. The maximum atomic E-state index is 9.70. The third kappa shape index (κ3) is 3.45. The Kier molecular flexibility index (Phi) is 4.54. The molecule has 0 amide bonds. The summed E-state index contributed by atoms with van der Waals surface area (Å²) in [5.74, 6) is 0.742. The minimum atomic E-state index is -1.12. The summed E-state index contributed by atoms with van der Waals surface area (Å²) in [5, 5.41) is 22.8. The molecule has 0 bridgehead atoms. The van der Waals surface area contributed by atoms with Gasteiger partial charge in [0, 0.05) is 18.5 Å². The van der Waals surface area contributed by atoms with Crippen molar-refractivity contribution in [1.29, 1.82) is 0 Å². The van der Waals surface area contributed by atoms with Crippen LogP contribution in [0.25, 0.3) is 10.9 Å². The number of ether oxygens (including phenoxy) is 1. The predicted octanol–water partition coefficient (Wildman–Crippen LogP) is 1.08. The minimum Gasteiger partial charge on any atom is -0.494 e. The van der Waals surface area contributed by atoms with E-state index in [1.165, 1.54) is 0 Å². The highest BCUT2D eigenvalue weighted by molar-refractivity contribution is 5.84. The third-order valence-electron chi connectivity index (χ3n) is 3.11. The predicted molar refractivity (Wildman–Crippen MR) is 77.7 cm³/mol. The Morgan fingerprint density at radius 1 is 1.30 bits per heavy atom. The molecule has 0 fully saturated rings. The van der Waals surface area contributed by atoms with Gasteiger partial charge in [-0.2, -0.15) is 0 Å². The number of para-hydroxylation sites is 1. The Hall–Kier alpha value is -1.69. The van der Waals surface area contributed by atoms with E-state index in [4.69, 9.17) is 9.84 Å². The van der Waals surface area contributed by atoms with Gasteiger partial charge >= 0.3 is 0 Å². The Labute approximate surface area is 118 Å². The second-order valence-corrected chi connectivity index (χ2v) is 5.09. The van der Waals surface area contributed by atoms with Crippen LogP contribution < -0.4 is 10.1 Å². The first-order valence-electron chi connectivity index (χ1n) is 6.52. The van der Waals surface area contributed by atoms with Crippen LogP contribution in [0.2, 0.25) is 0 Å². The lowest BCUT2D eigenvalue weighted by Crippen LogP contribution is -2.40. The second-order valence-electron chi connectivity index (χ2n) is 5.09. The lowest BCUT2D eigenvalue weighted by molar-refractivity contribution is 0.00249. The molecular weight excluding hydrogens is 256 g/mol. The van der Waals surface area contributed by atoms with Crippen molar-refractivity contribution in [2.24, 2.45) is 0 Å². The highest BCUT2D eigenvalue weighted by Crippen LogP contribution is 2.23. The summed E-state index contributed by atoms with van der Waals surface area (Å²) >= 11 is 0. The van der Waals surface area contributed by atoms with E-state index in [0.717, 1.165) is 22.3 Å². The quantitative estimate of drug-likeness (QED) is 0.736. The highest BCUT2D eigenvalue weighted by atomic mass is 16.5. The summed E-state index contributed by atoms with van der Waals surface area (Å²) in [4.78, 5) is 4.56. The third-order valence-corrected chi connectivity index (χ3v) is 3.11. The second kappa shape index (κ2) is 6.17. The van der Waals surface area contributed by atoms with Gasteiger partial charge in [-0.1, -0.05) is 18.2 Å². The topological polar surface area (TPSA) is 74.6 Å². The van der Waals surface area contributed by atoms with Gasteiger partial charge in [0.25, 0.3) is 0 Å². The van der Waals surface area contributed by atoms with Gasteiger partial charge in [0.15, 0.2) is 0 Å². The summed E-state index contributed by atoms with van der Waals surface area (Å²) < 4.78 is 5.30. The van der Waals surface area contributed by atoms with Crippen molar-refractivity contribution < 1.29 is 14.9 Å². The zero-order chi connectivity index (χ0) is 14.6. The standard InChI is InChI=1S/C15H20N2O3/c1-15(19,10-18)9-16-8-12-7-6-11-4-3-5-13(20-2)14(11)17-12/h3-7,16,18-19H,8-10H2,1-2H3. The largest absolute Gasteiger partial charge is 0.494 e. The molecule has 0 saturated carbocycles. The molecule has 20 heavy (non-hydrogen) atoms. The van der Waals surface area contributed by atoms with Crippen LogP contribution in [0.15, 0.2) is 30.3 Å². The Morgan fingerprint density at radius 3 is 2.80 bits per heavy atom. The van der Waals surface area contributed by atoms with E-state index >= 15 is 0 Å². The average molecular weight is 276 g/mol. The van der Waals surface area contributed by atoms with Crippen LogP contribution in [0.3, 0.4) is 0 Å². The fourth-order valence-corrected chi connectivity index (χ4v) is 1.94. The molecule has 0 radical (unpaired) electrons. The molecule has 2 aromatic rings. The van der Waals surface area contributed by atoms with Crippen LogP contribution in [0.1, 0.15) is 12.6 Å². The number of aliphatic hydroxyl groups is 2. The molecule has 1 atom stereocenters.